The number of fused-ring (bicyclic) bond motifs is 5. The Labute approximate surface area is 263 Å². The average Bonchev–Trinajstić information content (AvgIpc) is 3.64. The molecule has 1 amide bonds. The minimum Gasteiger partial charge on any atom is -0.393 e. The summed E-state index contributed by atoms with van der Waals surface area (Å²) in [5, 5.41) is 25.3. The normalized spacial score (nSPS) is 37.7. The van der Waals surface area contributed by atoms with Crippen molar-refractivity contribution in [1.29, 1.82) is 0 Å². The van der Waals surface area contributed by atoms with Crippen LogP contribution in [0.4, 0.5) is 0 Å². The first-order chi connectivity index (χ1) is 20.7. The fourth-order valence-corrected chi connectivity index (χ4v) is 11.0. The molecule has 43 heavy (non-hydrogen) atoms. The molecule has 5 heteroatoms. The number of aliphatic hydroxyl groups is 2. The minimum absolute atomic E-state index is 0.0169. The van der Waals surface area contributed by atoms with E-state index in [1.54, 1.807) is 0 Å². The molecule has 1 heterocycles. The molecular formula is C38H64N2O3. The molecule has 0 aromatic carbocycles. The van der Waals surface area contributed by atoms with Crippen LogP contribution in [-0.2, 0) is 11.3 Å². The van der Waals surface area contributed by atoms with Crippen LogP contribution in [0.25, 0.3) is 0 Å². The number of aromatic nitrogens is 1. The number of nitrogens with zero attached hydrogens (tertiary/aromatic N) is 1. The van der Waals surface area contributed by atoms with Crippen LogP contribution in [0.15, 0.2) is 24.5 Å². The van der Waals surface area contributed by atoms with Gasteiger partial charge >= 0.3 is 0 Å². The van der Waals surface area contributed by atoms with Crippen molar-refractivity contribution in [3.63, 3.8) is 0 Å². The van der Waals surface area contributed by atoms with E-state index in [9.17, 15) is 15.0 Å². The summed E-state index contributed by atoms with van der Waals surface area (Å²) in [6.45, 7) is 9.22. The monoisotopic (exact) mass is 596 g/mol. The molecule has 5 rings (SSSR count). The topological polar surface area (TPSA) is 74.5 Å². The lowest BCUT2D eigenvalue weighted by molar-refractivity contribution is -0.174. The number of aryl methyl sites for hydroxylation is 1. The van der Waals surface area contributed by atoms with Crippen LogP contribution in [0.2, 0.25) is 0 Å². The number of carbonyl (C=O) groups excluding carboxylic acids is 1. The van der Waals surface area contributed by atoms with E-state index in [0.717, 1.165) is 57.5 Å². The molecule has 1 aromatic heterocycles. The molecule has 3 N–H and O–H groups in total. The quantitative estimate of drug-likeness (QED) is 0.179. The summed E-state index contributed by atoms with van der Waals surface area (Å²) in [5.74, 6) is 3.74. The molecule has 10 atom stereocenters. The van der Waals surface area contributed by atoms with E-state index in [2.05, 4.69) is 55.2 Å². The highest BCUT2D eigenvalue weighted by atomic mass is 16.3. The molecule has 0 saturated heterocycles. The van der Waals surface area contributed by atoms with Gasteiger partial charge in [0.1, 0.15) is 0 Å². The Balaban J connectivity index is 0.971. The first-order valence-corrected chi connectivity index (χ1v) is 18.5. The Hall–Kier alpha value is -1.33. The standard InChI is InChI=1S/C38H64N2O3/c1-28(14-19-36(43)39-22-10-8-6-4-5-7-9-11-23-40-24-12-13-25-40)32-17-18-33-31-16-15-29-26-30(41)20-21-37(29,2)34(31)27-35(42)38(32,33)3/h12-13,24-25,28-35,41-42H,4-11,14-23,26-27H2,1-3H3,(H,39,43)/t28-,29-,30-,31+,32-,33+,34+,35+,37+,38-/m1/s1. The zero-order valence-electron chi connectivity index (χ0n) is 27.8. The molecule has 4 aliphatic carbocycles. The molecule has 0 unspecified atom stereocenters. The van der Waals surface area contributed by atoms with Crippen molar-refractivity contribution in [2.24, 2.45) is 46.3 Å². The first kappa shape index (κ1) is 33.0. The van der Waals surface area contributed by atoms with Gasteiger partial charge in [0, 0.05) is 31.9 Å². The van der Waals surface area contributed by atoms with Gasteiger partial charge in [0.25, 0.3) is 0 Å². The molecule has 0 aliphatic heterocycles. The summed E-state index contributed by atoms with van der Waals surface area (Å²) >= 11 is 0. The Bertz CT molecular complexity index is 995. The van der Waals surface area contributed by atoms with E-state index < -0.39 is 0 Å². The molecule has 4 saturated carbocycles. The molecule has 244 valence electrons. The predicted octanol–water partition coefficient (Wildman–Crippen LogP) is 8.13. The molecular weight excluding hydrogens is 532 g/mol. The van der Waals surface area contributed by atoms with Gasteiger partial charge in [-0.3, -0.25) is 4.79 Å². The number of rotatable bonds is 15. The Morgan fingerprint density at radius 3 is 2.33 bits per heavy atom. The second-order valence-corrected chi connectivity index (χ2v) is 16.0. The Morgan fingerprint density at radius 1 is 0.884 bits per heavy atom. The van der Waals surface area contributed by atoms with Crippen LogP contribution in [-0.4, -0.2) is 39.4 Å². The number of nitrogens with one attached hydrogen (secondary N) is 1. The summed E-state index contributed by atoms with van der Waals surface area (Å²) in [7, 11) is 0. The predicted molar refractivity (Wildman–Crippen MR) is 175 cm³/mol. The van der Waals surface area contributed by atoms with Crippen molar-refractivity contribution in [3.05, 3.63) is 24.5 Å². The number of aliphatic hydroxyl groups excluding tert-OH is 2. The van der Waals surface area contributed by atoms with Crippen molar-refractivity contribution < 1.29 is 15.0 Å². The van der Waals surface area contributed by atoms with Crippen LogP contribution >= 0.6 is 0 Å². The van der Waals surface area contributed by atoms with E-state index in [-0.39, 0.29) is 28.9 Å². The zero-order valence-corrected chi connectivity index (χ0v) is 27.8. The van der Waals surface area contributed by atoms with Crippen molar-refractivity contribution in [2.45, 2.75) is 155 Å². The number of unbranched alkanes of at least 4 members (excludes halogenated alkanes) is 7. The third-order valence-electron chi connectivity index (χ3n) is 13.7. The summed E-state index contributed by atoms with van der Waals surface area (Å²) in [5.41, 5.74) is 0.270. The van der Waals surface area contributed by atoms with Gasteiger partial charge in [0.05, 0.1) is 12.2 Å². The van der Waals surface area contributed by atoms with Gasteiger partial charge in [-0.05, 0) is 129 Å². The van der Waals surface area contributed by atoms with Crippen molar-refractivity contribution in [1.82, 2.24) is 9.88 Å². The van der Waals surface area contributed by atoms with Crippen LogP contribution < -0.4 is 5.32 Å². The van der Waals surface area contributed by atoms with Crippen molar-refractivity contribution >= 4 is 5.91 Å². The molecule has 4 aliphatic rings. The SMILES string of the molecule is C[C@H](CCC(=O)NCCCCCCCCCCn1cccc1)[C@H]1CC[C@H]2[C@@H]3CC[C@@H]4C[C@H](O)CC[C@]4(C)[C@H]3C[C@H](O)[C@]12C. The summed E-state index contributed by atoms with van der Waals surface area (Å²) in [6, 6.07) is 4.19. The maximum Gasteiger partial charge on any atom is 0.220 e. The Morgan fingerprint density at radius 2 is 1.58 bits per heavy atom. The van der Waals surface area contributed by atoms with Crippen LogP contribution in [0.1, 0.15) is 136 Å². The molecule has 4 fully saturated rings. The van der Waals surface area contributed by atoms with Crippen LogP contribution in [0.5, 0.6) is 0 Å². The lowest BCUT2D eigenvalue weighted by atomic mass is 9.43. The number of amides is 1. The summed E-state index contributed by atoms with van der Waals surface area (Å²) in [6.07, 6.45) is 24.6. The second kappa shape index (κ2) is 14.8. The van der Waals surface area contributed by atoms with E-state index in [1.807, 2.05) is 0 Å². The number of carbonyl (C=O) groups is 1. The lowest BCUT2D eigenvalue weighted by Crippen LogP contribution is -2.58. The third-order valence-corrected chi connectivity index (χ3v) is 13.7. The maximum absolute atomic E-state index is 12.7. The third kappa shape index (κ3) is 7.40. The highest BCUT2D eigenvalue weighted by molar-refractivity contribution is 5.75. The zero-order chi connectivity index (χ0) is 30.5. The second-order valence-electron chi connectivity index (χ2n) is 16.0. The summed E-state index contributed by atoms with van der Waals surface area (Å²) < 4.78 is 2.27. The number of hydrogen-bond acceptors (Lipinski definition) is 3. The van der Waals surface area contributed by atoms with Gasteiger partial charge in [-0.15, -0.1) is 0 Å². The van der Waals surface area contributed by atoms with Crippen molar-refractivity contribution in [3.8, 4) is 0 Å². The van der Waals surface area contributed by atoms with Gasteiger partial charge in [0.2, 0.25) is 5.91 Å². The Kier molecular flexibility index (Phi) is 11.4. The van der Waals surface area contributed by atoms with Crippen molar-refractivity contribution in [2.75, 3.05) is 6.54 Å². The van der Waals surface area contributed by atoms with E-state index in [0.29, 0.717) is 36.0 Å². The molecule has 0 bridgehead atoms. The smallest absolute Gasteiger partial charge is 0.220 e. The lowest BCUT2D eigenvalue weighted by Gasteiger charge is -2.62. The summed E-state index contributed by atoms with van der Waals surface area (Å²) in [4.78, 5) is 12.7. The fraction of sp³-hybridized carbons (Fsp3) is 0.868. The first-order valence-electron chi connectivity index (χ1n) is 18.5. The molecule has 1 aromatic rings. The van der Waals surface area contributed by atoms with E-state index >= 15 is 0 Å². The highest BCUT2D eigenvalue weighted by Gasteiger charge is 2.63. The number of hydrogen-bond donors (Lipinski definition) is 3. The van der Waals surface area contributed by atoms with Gasteiger partial charge in [0.15, 0.2) is 0 Å². The average molecular weight is 597 g/mol. The minimum atomic E-state index is -0.241. The van der Waals surface area contributed by atoms with E-state index in [4.69, 9.17) is 0 Å². The van der Waals surface area contributed by atoms with Crippen LogP contribution in [0, 0.1) is 46.3 Å². The largest absolute Gasteiger partial charge is 0.393 e. The molecule has 5 nitrogen and oxygen atoms in total. The molecule has 0 spiro atoms. The molecule has 0 radical (unpaired) electrons. The maximum atomic E-state index is 12.7. The van der Waals surface area contributed by atoms with E-state index in [1.165, 1.54) is 70.6 Å². The van der Waals surface area contributed by atoms with Crippen LogP contribution in [0.3, 0.4) is 0 Å². The fourth-order valence-electron chi connectivity index (χ4n) is 11.0. The highest BCUT2D eigenvalue weighted by Crippen LogP contribution is 2.68. The van der Waals surface area contributed by atoms with Gasteiger partial charge in [-0.2, -0.15) is 0 Å². The van der Waals surface area contributed by atoms with Gasteiger partial charge in [-0.25, -0.2) is 0 Å². The van der Waals surface area contributed by atoms with Gasteiger partial charge in [-0.1, -0.05) is 59.3 Å². The van der Waals surface area contributed by atoms with Gasteiger partial charge < -0.3 is 20.1 Å².